The van der Waals surface area contributed by atoms with Crippen molar-refractivity contribution in [2.75, 3.05) is 31.6 Å². The van der Waals surface area contributed by atoms with Crippen molar-refractivity contribution in [3.63, 3.8) is 0 Å². The number of carbonyl (C=O) groups is 2. The van der Waals surface area contributed by atoms with Crippen LogP contribution in [0.5, 0.6) is 0 Å². The second-order valence-corrected chi connectivity index (χ2v) is 10.4. The number of aliphatic carboxylic acids is 2. The molecule has 9 nitrogen and oxygen atoms in total. The smallest absolute Gasteiger partial charge is 0.414 e. The molecular weight excluding hydrogens is 466 g/mol. The van der Waals surface area contributed by atoms with Crippen LogP contribution in [0, 0.1) is 6.92 Å². The monoisotopic (exact) mass is 489 g/mol. The summed E-state index contributed by atoms with van der Waals surface area (Å²) in [5, 5.41) is 25.1. The molecule has 0 atom stereocenters. The maximum absolute atomic E-state index is 9.10. The quantitative estimate of drug-likeness (QED) is 0.322. The predicted molar refractivity (Wildman–Crippen MR) is 121 cm³/mol. The highest BCUT2D eigenvalue weighted by Gasteiger charge is 2.17. The Morgan fingerprint density at radius 3 is 2.43 bits per heavy atom. The molecule has 0 bridgehead atoms. The van der Waals surface area contributed by atoms with Gasteiger partial charge in [0.25, 0.3) is 0 Å². The zero-order chi connectivity index (χ0) is 21.9. The molecule has 3 rings (SSSR count). The lowest BCUT2D eigenvalue weighted by atomic mass is 10.1. The Kier molecular flexibility index (Phi) is 10.7. The van der Waals surface area contributed by atoms with E-state index in [0.29, 0.717) is 0 Å². The second kappa shape index (κ2) is 13.0. The van der Waals surface area contributed by atoms with Gasteiger partial charge < -0.3 is 15.1 Å². The maximum atomic E-state index is 9.10. The number of unbranched alkanes of at least 4 members (excludes halogenated alkanes) is 1. The van der Waals surface area contributed by atoms with E-state index in [2.05, 4.69) is 37.0 Å². The zero-order valence-electron chi connectivity index (χ0n) is 16.6. The van der Waals surface area contributed by atoms with Gasteiger partial charge in [-0.2, -0.15) is 8.75 Å². The third kappa shape index (κ3) is 8.68. The lowest BCUT2D eigenvalue weighted by Gasteiger charge is -2.22. The summed E-state index contributed by atoms with van der Waals surface area (Å²) in [4.78, 5) is 20.5. The molecule has 0 aliphatic carbocycles. The van der Waals surface area contributed by atoms with Gasteiger partial charge in [-0.15, -0.1) is 22.0 Å². The topological polar surface area (TPSA) is 129 Å². The van der Waals surface area contributed by atoms with E-state index in [1.807, 2.05) is 30.4 Å². The average Bonchev–Trinajstić information content (AvgIpc) is 3.34. The van der Waals surface area contributed by atoms with Crippen LogP contribution in [-0.4, -0.2) is 77.6 Å². The number of aryl methyl sites for hydroxylation is 1. The zero-order valence-corrected chi connectivity index (χ0v) is 19.9. The van der Waals surface area contributed by atoms with Crippen LogP contribution in [0.15, 0.2) is 15.4 Å². The molecule has 0 amide bonds. The molecule has 30 heavy (non-hydrogen) atoms. The van der Waals surface area contributed by atoms with Gasteiger partial charge in [-0.3, -0.25) is 0 Å². The van der Waals surface area contributed by atoms with Crippen LogP contribution in [0.3, 0.4) is 0 Å². The first kappa shape index (κ1) is 24.7. The van der Waals surface area contributed by atoms with Crippen LogP contribution in [0.2, 0.25) is 0 Å². The first-order valence-electron chi connectivity index (χ1n) is 9.09. The summed E-state index contributed by atoms with van der Waals surface area (Å²) >= 11 is 6.66. The molecule has 2 aromatic rings. The van der Waals surface area contributed by atoms with E-state index in [0.717, 1.165) is 51.1 Å². The Morgan fingerprint density at radius 2 is 1.83 bits per heavy atom. The van der Waals surface area contributed by atoms with Gasteiger partial charge in [-0.05, 0) is 44.6 Å². The van der Waals surface area contributed by atoms with E-state index >= 15 is 0 Å². The van der Waals surface area contributed by atoms with E-state index in [1.165, 1.54) is 30.1 Å². The van der Waals surface area contributed by atoms with Crippen molar-refractivity contribution in [3.8, 4) is 0 Å². The van der Waals surface area contributed by atoms with Crippen molar-refractivity contribution in [2.45, 2.75) is 35.6 Å². The molecule has 1 aliphatic rings. The fourth-order valence-electron chi connectivity index (χ4n) is 2.41. The number of carboxylic acids is 2. The molecule has 0 aromatic carbocycles. The first-order chi connectivity index (χ1) is 14.4. The third-order valence-corrected chi connectivity index (χ3v) is 7.55. The summed E-state index contributed by atoms with van der Waals surface area (Å²) in [6.45, 7) is 4.11. The third-order valence-electron chi connectivity index (χ3n) is 3.80. The van der Waals surface area contributed by atoms with Crippen molar-refractivity contribution in [2.24, 2.45) is 0 Å². The summed E-state index contributed by atoms with van der Waals surface area (Å²) in [6, 6.07) is 0. The SMILES string of the molecule is Cc1nnc(SCCCCSc2nsnc2C2=CCCN(C)C2)s1.O=C(O)C(=O)O. The van der Waals surface area contributed by atoms with Crippen molar-refractivity contribution < 1.29 is 19.8 Å². The Bertz CT molecular complexity index is 858. The number of aromatic nitrogens is 4. The molecule has 13 heteroatoms. The lowest BCUT2D eigenvalue weighted by Crippen LogP contribution is -2.25. The van der Waals surface area contributed by atoms with Gasteiger partial charge >= 0.3 is 11.9 Å². The molecule has 164 valence electrons. The summed E-state index contributed by atoms with van der Waals surface area (Å²) in [6.07, 6.45) is 5.80. The molecule has 0 fully saturated rings. The van der Waals surface area contributed by atoms with Crippen molar-refractivity contribution >= 4 is 64.1 Å². The number of hydrogen-bond donors (Lipinski definition) is 2. The van der Waals surface area contributed by atoms with E-state index in [4.69, 9.17) is 19.8 Å². The molecule has 0 unspecified atom stereocenters. The van der Waals surface area contributed by atoms with Gasteiger partial charge in [0, 0.05) is 18.8 Å². The van der Waals surface area contributed by atoms with Crippen LogP contribution in [-0.2, 0) is 9.59 Å². The van der Waals surface area contributed by atoms with Crippen molar-refractivity contribution in [1.82, 2.24) is 23.8 Å². The van der Waals surface area contributed by atoms with Crippen LogP contribution >= 0.6 is 46.6 Å². The molecule has 0 radical (unpaired) electrons. The fourth-order valence-corrected chi connectivity index (χ4v) is 6.00. The number of carboxylic acid groups (broad SMARTS) is 2. The molecule has 0 spiro atoms. The molecule has 2 N–H and O–H groups in total. The summed E-state index contributed by atoms with van der Waals surface area (Å²) < 4.78 is 10.1. The van der Waals surface area contributed by atoms with E-state index in [1.54, 1.807) is 11.3 Å². The van der Waals surface area contributed by atoms with E-state index < -0.39 is 11.9 Å². The standard InChI is InChI=1S/C15H21N5S4.C2H2O4/c1-11-16-17-15(23-11)22-9-4-3-8-21-14-13(18-24-19-14)12-6-5-7-20(2)10-12;3-1(4)2(5)6/h6H,3-5,7-10H2,1-2H3;(H,3,4)(H,5,6). The van der Waals surface area contributed by atoms with Crippen LogP contribution in [0.1, 0.15) is 30.0 Å². The van der Waals surface area contributed by atoms with Gasteiger partial charge in [-0.1, -0.05) is 29.2 Å². The molecule has 2 aromatic heterocycles. The Balaban J connectivity index is 0.000000469. The predicted octanol–water partition coefficient (Wildman–Crippen LogP) is 3.24. The lowest BCUT2D eigenvalue weighted by molar-refractivity contribution is -0.159. The summed E-state index contributed by atoms with van der Waals surface area (Å²) in [7, 11) is 2.16. The highest BCUT2D eigenvalue weighted by molar-refractivity contribution is 8.01. The largest absolute Gasteiger partial charge is 0.473 e. The summed E-state index contributed by atoms with van der Waals surface area (Å²) in [5.41, 5.74) is 2.44. The van der Waals surface area contributed by atoms with Crippen molar-refractivity contribution in [1.29, 1.82) is 0 Å². The van der Waals surface area contributed by atoms with Crippen LogP contribution in [0.4, 0.5) is 0 Å². The fraction of sp³-hybridized carbons (Fsp3) is 0.529. The Labute approximate surface area is 191 Å². The minimum absolute atomic E-state index is 0.983. The maximum Gasteiger partial charge on any atom is 0.414 e. The Morgan fingerprint density at radius 1 is 1.13 bits per heavy atom. The molecule has 3 heterocycles. The van der Waals surface area contributed by atoms with Crippen molar-refractivity contribution in [3.05, 3.63) is 16.8 Å². The van der Waals surface area contributed by atoms with Gasteiger partial charge in [-0.25, -0.2) is 9.59 Å². The van der Waals surface area contributed by atoms with Crippen LogP contribution < -0.4 is 0 Å². The molecule has 0 saturated heterocycles. The Hall–Kier alpha value is -1.54. The molecule has 1 aliphatic heterocycles. The van der Waals surface area contributed by atoms with Gasteiger partial charge in [0.15, 0.2) is 4.34 Å². The number of thioether (sulfide) groups is 2. The normalized spacial score (nSPS) is 14.0. The minimum Gasteiger partial charge on any atom is -0.473 e. The van der Waals surface area contributed by atoms with Crippen LogP contribution in [0.25, 0.3) is 5.57 Å². The number of likely N-dealkylation sites (N-methyl/N-ethyl adjacent to an activating group) is 1. The highest BCUT2D eigenvalue weighted by Crippen LogP contribution is 2.30. The van der Waals surface area contributed by atoms with E-state index in [-0.39, 0.29) is 0 Å². The average molecular weight is 490 g/mol. The molecular formula is C17H23N5O4S4. The first-order valence-corrected chi connectivity index (χ1v) is 12.6. The number of hydrogen-bond acceptors (Lipinski definition) is 11. The van der Waals surface area contributed by atoms with Gasteiger partial charge in [0.05, 0.1) is 11.7 Å². The second-order valence-electron chi connectivity index (χ2n) is 6.28. The van der Waals surface area contributed by atoms with Gasteiger partial charge in [0.1, 0.15) is 15.7 Å². The minimum atomic E-state index is -1.82. The highest BCUT2D eigenvalue weighted by atomic mass is 32.2. The number of nitrogens with zero attached hydrogens (tertiary/aromatic N) is 5. The van der Waals surface area contributed by atoms with Gasteiger partial charge in [0.2, 0.25) is 0 Å². The summed E-state index contributed by atoms with van der Waals surface area (Å²) in [5.74, 6) is -1.45. The number of rotatable bonds is 8. The van der Waals surface area contributed by atoms with E-state index in [9.17, 15) is 0 Å². The molecule has 0 saturated carbocycles.